The second-order valence-electron chi connectivity index (χ2n) is 7.63. The summed E-state index contributed by atoms with van der Waals surface area (Å²) in [4.78, 5) is 26.5. The second-order valence-corrected chi connectivity index (χ2v) is 8.07. The number of nitrogens with zero attached hydrogens (tertiary/aromatic N) is 1. The molecule has 2 unspecified atom stereocenters. The molecule has 1 N–H and O–H groups in total. The van der Waals surface area contributed by atoms with Crippen molar-refractivity contribution in [3.05, 3.63) is 70.2 Å². The van der Waals surface area contributed by atoms with E-state index in [1.54, 1.807) is 24.3 Å². The zero-order valence-corrected chi connectivity index (χ0v) is 18.0. The maximum absolute atomic E-state index is 12.2. The van der Waals surface area contributed by atoms with Crippen molar-refractivity contribution < 1.29 is 19.1 Å². The fourth-order valence-corrected chi connectivity index (χ4v) is 3.74. The first-order valence-electron chi connectivity index (χ1n) is 10.0. The topological polar surface area (TPSA) is 67.9 Å². The average Bonchev–Trinajstić information content (AvgIpc) is 2.70. The quantitative estimate of drug-likeness (QED) is 0.682. The molecule has 0 aliphatic carbocycles. The fourth-order valence-electron chi connectivity index (χ4n) is 3.53. The number of ether oxygens (including phenoxy) is 2. The highest BCUT2D eigenvalue weighted by Gasteiger charge is 2.22. The Labute approximate surface area is 182 Å². The van der Waals surface area contributed by atoms with Gasteiger partial charge in [-0.3, -0.25) is 9.69 Å². The molecule has 0 spiro atoms. The van der Waals surface area contributed by atoms with Gasteiger partial charge in [0, 0.05) is 31.2 Å². The first-order chi connectivity index (χ1) is 14.4. The number of esters is 1. The highest BCUT2D eigenvalue weighted by atomic mass is 35.5. The van der Waals surface area contributed by atoms with Crippen molar-refractivity contribution >= 4 is 23.5 Å². The van der Waals surface area contributed by atoms with Crippen molar-refractivity contribution in [1.29, 1.82) is 0 Å². The standard InChI is InChI=1S/C23H27ClN2O4/c1-16-12-26(13-17(2)30-16)14-18-6-8-20(9-7-18)23(28)29-15-22(27)25-11-19-4-3-5-21(24)10-19/h3-10,16-17H,11-15H2,1-2H3,(H,25,27). The van der Waals surface area contributed by atoms with Gasteiger partial charge in [-0.1, -0.05) is 35.9 Å². The first-order valence-corrected chi connectivity index (χ1v) is 10.4. The molecule has 1 heterocycles. The van der Waals surface area contributed by atoms with Crippen molar-refractivity contribution in [2.75, 3.05) is 19.7 Å². The molecule has 0 saturated carbocycles. The molecule has 7 heteroatoms. The van der Waals surface area contributed by atoms with Gasteiger partial charge in [0.2, 0.25) is 0 Å². The minimum Gasteiger partial charge on any atom is -0.452 e. The third-order valence-electron chi connectivity index (χ3n) is 4.80. The zero-order valence-electron chi connectivity index (χ0n) is 17.3. The molecular weight excluding hydrogens is 404 g/mol. The molecule has 1 aliphatic rings. The van der Waals surface area contributed by atoms with Crippen LogP contribution in [0.25, 0.3) is 0 Å². The molecule has 1 saturated heterocycles. The van der Waals surface area contributed by atoms with E-state index in [0.29, 0.717) is 17.1 Å². The molecule has 3 rings (SSSR count). The largest absolute Gasteiger partial charge is 0.452 e. The minimum absolute atomic E-state index is 0.216. The maximum Gasteiger partial charge on any atom is 0.338 e. The number of nitrogens with one attached hydrogen (secondary N) is 1. The molecule has 2 atom stereocenters. The molecule has 30 heavy (non-hydrogen) atoms. The number of amides is 1. The molecule has 0 radical (unpaired) electrons. The van der Waals surface area contributed by atoms with Gasteiger partial charge in [0.1, 0.15) is 0 Å². The minimum atomic E-state index is -0.520. The van der Waals surface area contributed by atoms with Gasteiger partial charge in [-0.15, -0.1) is 0 Å². The van der Waals surface area contributed by atoms with E-state index in [1.807, 2.05) is 24.3 Å². The van der Waals surface area contributed by atoms with Gasteiger partial charge in [0.05, 0.1) is 17.8 Å². The number of halogens is 1. The monoisotopic (exact) mass is 430 g/mol. The molecule has 1 aliphatic heterocycles. The summed E-state index contributed by atoms with van der Waals surface area (Å²) in [6.07, 6.45) is 0.432. The molecule has 2 aromatic carbocycles. The van der Waals surface area contributed by atoms with Gasteiger partial charge in [-0.05, 0) is 49.2 Å². The van der Waals surface area contributed by atoms with Crippen molar-refractivity contribution in [1.82, 2.24) is 10.2 Å². The highest BCUT2D eigenvalue weighted by Crippen LogP contribution is 2.15. The second kappa shape index (κ2) is 10.6. The van der Waals surface area contributed by atoms with E-state index in [-0.39, 0.29) is 24.7 Å². The third kappa shape index (κ3) is 6.83. The lowest BCUT2D eigenvalue weighted by Crippen LogP contribution is -2.44. The van der Waals surface area contributed by atoms with Crippen LogP contribution in [0.3, 0.4) is 0 Å². The van der Waals surface area contributed by atoms with Crippen LogP contribution >= 0.6 is 11.6 Å². The molecule has 1 fully saturated rings. The van der Waals surface area contributed by atoms with Crippen LogP contribution in [-0.4, -0.2) is 48.7 Å². The Morgan fingerprint density at radius 2 is 1.80 bits per heavy atom. The van der Waals surface area contributed by atoms with Crippen LogP contribution in [0.4, 0.5) is 0 Å². The molecule has 0 bridgehead atoms. The SMILES string of the molecule is CC1CN(Cc2ccc(C(=O)OCC(=O)NCc3cccc(Cl)c3)cc2)CC(C)O1. The van der Waals surface area contributed by atoms with Crippen LogP contribution in [0, 0.1) is 0 Å². The molecular formula is C23H27ClN2O4. The molecule has 0 aromatic heterocycles. The maximum atomic E-state index is 12.2. The van der Waals surface area contributed by atoms with Crippen molar-refractivity contribution in [2.45, 2.75) is 39.1 Å². The number of hydrogen-bond acceptors (Lipinski definition) is 5. The molecule has 160 valence electrons. The summed E-state index contributed by atoms with van der Waals surface area (Å²) in [7, 11) is 0. The predicted molar refractivity (Wildman–Crippen MR) is 115 cm³/mol. The number of benzene rings is 2. The van der Waals surface area contributed by atoms with E-state index in [0.717, 1.165) is 30.8 Å². The number of carbonyl (C=O) groups excluding carboxylic acids is 2. The molecule has 6 nitrogen and oxygen atoms in total. The van der Waals surface area contributed by atoms with Crippen LogP contribution in [0.5, 0.6) is 0 Å². The summed E-state index contributed by atoms with van der Waals surface area (Å²) in [5.41, 5.74) is 2.42. The zero-order chi connectivity index (χ0) is 21.5. The van der Waals surface area contributed by atoms with E-state index >= 15 is 0 Å². The Hall–Kier alpha value is -2.41. The van der Waals surface area contributed by atoms with E-state index < -0.39 is 5.97 Å². The summed E-state index contributed by atoms with van der Waals surface area (Å²) in [5, 5.41) is 3.31. The van der Waals surface area contributed by atoms with Crippen molar-refractivity contribution in [3.63, 3.8) is 0 Å². The summed E-state index contributed by atoms with van der Waals surface area (Å²) >= 11 is 5.92. The summed E-state index contributed by atoms with van der Waals surface area (Å²) in [6, 6.07) is 14.5. The number of hydrogen-bond donors (Lipinski definition) is 1. The van der Waals surface area contributed by atoms with Crippen LogP contribution in [0.1, 0.15) is 35.3 Å². The molecule has 1 amide bonds. The van der Waals surface area contributed by atoms with Gasteiger partial charge in [0.15, 0.2) is 6.61 Å². The Kier molecular flexibility index (Phi) is 7.85. The summed E-state index contributed by atoms with van der Waals surface area (Å²) in [6.45, 7) is 6.73. The van der Waals surface area contributed by atoms with Crippen LogP contribution in [0.15, 0.2) is 48.5 Å². The van der Waals surface area contributed by atoms with Crippen molar-refractivity contribution in [2.24, 2.45) is 0 Å². The fraction of sp³-hybridized carbons (Fsp3) is 0.391. The Morgan fingerprint density at radius 1 is 1.10 bits per heavy atom. The number of morpholine rings is 1. The summed E-state index contributed by atoms with van der Waals surface area (Å²) in [5.74, 6) is -0.886. The first kappa shape index (κ1) is 22.3. The Balaban J connectivity index is 1.43. The van der Waals surface area contributed by atoms with Gasteiger partial charge >= 0.3 is 5.97 Å². The highest BCUT2D eigenvalue weighted by molar-refractivity contribution is 6.30. The van der Waals surface area contributed by atoms with Crippen LogP contribution in [-0.2, 0) is 27.4 Å². The van der Waals surface area contributed by atoms with E-state index in [1.165, 1.54) is 0 Å². The normalized spacial score (nSPS) is 19.3. The van der Waals surface area contributed by atoms with Gasteiger partial charge in [0.25, 0.3) is 5.91 Å². The molecule has 2 aromatic rings. The third-order valence-corrected chi connectivity index (χ3v) is 5.04. The van der Waals surface area contributed by atoms with Crippen molar-refractivity contribution in [3.8, 4) is 0 Å². The summed E-state index contributed by atoms with van der Waals surface area (Å²) < 4.78 is 10.9. The van der Waals surface area contributed by atoms with Crippen LogP contribution < -0.4 is 5.32 Å². The smallest absolute Gasteiger partial charge is 0.338 e. The van der Waals surface area contributed by atoms with E-state index in [2.05, 4.69) is 24.1 Å². The lowest BCUT2D eigenvalue weighted by atomic mass is 10.1. The average molecular weight is 431 g/mol. The lowest BCUT2D eigenvalue weighted by molar-refractivity contribution is -0.124. The van der Waals surface area contributed by atoms with Crippen LogP contribution in [0.2, 0.25) is 5.02 Å². The Bertz CT molecular complexity index is 862. The van der Waals surface area contributed by atoms with Gasteiger partial charge in [-0.2, -0.15) is 0 Å². The number of rotatable bonds is 7. The predicted octanol–water partition coefficient (Wildman–Crippen LogP) is 3.42. The van der Waals surface area contributed by atoms with Gasteiger partial charge in [-0.25, -0.2) is 4.79 Å². The van der Waals surface area contributed by atoms with E-state index in [4.69, 9.17) is 21.1 Å². The Morgan fingerprint density at radius 3 is 2.47 bits per heavy atom. The number of carbonyl (C=O) groups is 2. The van der Waals surface area contributed by atoms with Gasteiger partial charge < -0.3 is 14.8 Å². The van der Waals surface area contributed by atoms with E-state index in [9.17, 15) is 9.59 Å². The lowest BCUT2D eigenvalue weighted by Gasteiger charge is -2.35.